The van der Waals surface area contributed by atoms with Gasteiger partial charge in [0.2, 0.25) is 0 Å². The van der Waals surface area contributed by atoms with E-state index in [9.17, 15) is 0 Å². The molecule has 1 fully saturated rings. The Labute approximate surface area is 86.2 Å². The molecule has 0 saturated carbocycles. The van der Waals surface area contributed by atoms with E-state index in [2.05, 4.69) is 37.4 Å². The Hall–Kier alpha value is 0.270. The van der Waals surface area contributed by atoms with E-state index in [1.54, 1.807) is 0 Å². The second-order valence-corrected chi connectivity index (χ2v) is 5.46. The van der Waals surface area contributed by atoms with Gasteiger partial charge in [-0.25, -0.2) is 0 Å². The van der Waals surface area contributed by atoms with E-state index in [0.29, 0.717) is 12.1 Å². The molecule has 78 valence electrons. The van der Waals surface area contributed by atoms with Gasteiger partial charge >= 0.3 is 0 Å². The van der Waals surface area contributed by atoms with Crippen molar-refractivity contribution in [2.75, 3.05) is 18.8 Å². The Morgan fingerprint density at radius 2 is 2.23 bits per heavy atom. The number of hydrogen-bond acceptors (Lipinski definition) is 3. The molecule has 0 aromatic carbocycles. The molecule has 1 aliphatic rings. The molecule has 2 nitrogen and oxygen atoms in total. The van der Waals surface area contributed by atoms with Crippen LogP contribution in [-0.2, 0) is 0 Å². The van der Waals surface area contributed by atoms with Crippen molar-refractivity contribution in [2.45, 2.75) is 44.5 Å². The molecule has 0 amide bonds. The van der Waals surface area contributed by atoms with Gasteiger partial charge in [-0.1, -0.05) is 13.8 Å². The lowest BCUT2D eigenvalue weighted by Crippen LogP contribution is -2.49. The molecule has 0 spiro atoms. The van der Waals surface area contributed by atoms with Crippen molar-refractivity contribution >= 4 is 11.8 Å². The van der Waals surface area contributed by atoms with Crippen LogP contribution in [0.3, 0.4) is 0 Å². The molecule has 0 aromatic rings. The summed E-state index contributed by atoms with van der Waals surface area (Å²) in [7, 11) is 0. The van der Waals surface area contributed by atoms with Crippen molar-refractivity contribution in [1.82, 2.24) is 4.90 Å². The largest absolute Gasteiger partial charge is 0.327 e. The summed E-state index contributed by atoms with van der Waals surface area (Å²) in [6.45, 7) is 9.09. The maximum atomic E-state index is 5.96. The standard InChI is InChI=1S/C10H22N2S/c1-4-10(11)7-12-5-6-13-9(3)8(12)2/h8-10H,4-7,11H2,1-3H3/t8?,9?,10-/m0/s1. The SMILES string of the molecule is CC[C@H](N)CN1CCSC(C)C1C. The van der Waals surface area contributed by atoms with Crippen molar-refractivity contribution in [3.05, 3.63) is 0 Å². The molecule has 0 bridgehead atoms. The normalized spacial score (nSPS) is 33.2. The first-order valence-electron chi connectivity index (χ1n) is 5.26. The molecule has 1 heterocycles. The second kappa shape index (κ2) is 5.23. The van der Waals surface area contributed by atoms with Gasteiger partial charge in [0, 0.05) is 36.2 Å². The smallest absolute Gasteiger partial charge is 0.0184 e. The fraction of sp³-hybridized carbons (Fsp3) is 1.00. The molecule has 13 heavy (non-hydrogen) atoms. The van der Waals surface area contributed by atoms with Crippen LogP contribution >= 0.6 is 11.8 Å². The number of nitrogens with two attached hydrogens (primary N) is 1. The van der Waals surface area contributed by atoms with E-state index in [4.69, 9.17) is 5.73 Å². The fourth-order valence-corrected chi connectivity index (χ4v) is 2.85. The molecule has 0 aromatic heterocycles. The van der Waals surface area contributed by atoms with Crippen molar-refractivity contribution in [3.8, 4) is 0 Å². The molecule has 1 saturated heterocycles. The van der Waals surface area contributed by atoms with Gasteiger partial charge in [-0.2, -0.15) is 11.8 Å². The molecular formula is C10H22N2S. The highest BCUT2D eigenvalue weighted by Crippen LogP contribution is 2.24. The van der Waals surface area contributed by atoms with Gasteiger partial charge in [-0.05, 0) is 13.3 Å². The fourth-order valence-electron chi connectivity index (χ4n) is 1.68. The zero-order valence-electron chi connectivity index (χ0n) is 8.99. The Kier molecular flexibility index (Phi) is 4.56. The molecule has 3 atom stereocenters. The predicted octanol–water partition coefficient (Wildman–Crippen LogP) is 1.55. The average Bonchev–Trinajstić information content (AvgIpc) is 2.13. The molecule has 1 aliphatic heterocycles. The Morgan fingerprint density at radius 1 is 1.54 bits per heavy atom. The summed E-state index contributed by atoms with van der Waals surface area (Å²) in [6, 6.07) is 1.05. The Bertz CT molecular complexity index is 152. The van der Waals surface area contributed by atoms with Crippen LogP contribution in [0.25, 0.3) is 0 Å². The number of rotatable bonds is 3. The monoisotopic (exact) mass is 202 g/mol. The summed E-state index contributed by atoms with van der Waals surface area (Å²) in [5, 5.41) is 0.762. The van der Waals surface area contributed by atoms with Gasteiger partial charge in [0.05, 0.1) is 0 Å². The first kappa shape index (κ1) is 11.3. The highest BCUT2D eigenvalue weighted by molar-refractivity contribution is 8.00. The van der Waals surface area contributed by atoms with Crippen LogP contribution in [0, 0.1) is 0 Å². The van der Waals surface area contributed by atoms with Crippen molar-refractivity contribution in [3.63, 3.8) is 0 Å². The van der Waals surface area contributed by atoms with Gasteiger partial charge in [-0.15, -0.1) is 0 Å². The Balaban J connectivity index is 2.39. The summed E-state index contributed by atoms with van der Waals surface area (Å²) in [5.74, 6) is 1.27. The molecule has 0 radical (unpaired) electrons. The van der Waals surface area contributed by atoms with Gasteiger partial charge in [0.25, 0.3) is 0 Å². The van der Waals surface area contributed by atoms with E-state index >= 15 is 0 Å². The summed E-state index contributed by atoms with van der Waals surface area (Å²) in [6.07, 6.45) is 1.09. The minimum atomic E-state index is 0.359. The lowest BCUT2D eigenvalue weighted by atomic mass is 10.1. The van der Waals surface area contributed by atoms with Crippen LogP contribution in [0.15, 0.2) is 0 Å². The van der Waals surface area contributed by atoms with Crippen molar-refractivity contribution in [2.24, 2.45) is 5.73 Å². The second-order valence-electron chi connectivity index (χ2n) is 3.98. The zero-order valence-corrected chi connectivity index (χ0v) is 9.81. The molecule has 2 unspecified atom stereocenters. The summed E-state index contributed by atoms with van der Waals surface area (Å²) < 4.78 is 0. The lowest BCUT2D eigenvalue weighted by Gasteiger charge is -2.38. The third-order valence-electron chi connectivity index (χ3n) is 3.01. The van der Waals surface area contributed by atoms with Gasteiger partial charge in [-0.3, -0.25) is 4.90 Å². The van der Waals surface area contributed by atoms with Crippen molar-refractivity contribution in [1.29, 1.82) is 0 Å². The van der Waals surface area contributed by atoms with E-state index in [-0.39, 0.29) is 0 Å². The minimum Gasteiger partial charge on any atom is -0.327 e. The number of nitrogens with zero attached hydrogens (tertiary/aromatic N) is 1. The van der Waals surface area contributed by atoms with Crippen LogP contribution in [0.1, 0.15) is 27.2 Å². The average molecular weight is 202 g/mol. The van der Waals surface area contributed by atoms with Crippen LogP contribution in [0.5, 0.6) is 0 Å². The van der Waals surface area contributed by atoms with E-state index < -0.39 is 0 Å². The maximum Gasteiger partial charge on any atom is 0.0184 e. The predicted molar refractivity (Wildman–Crippen MR) is 61.2 cm³/mol. The summed E-state index contributed by atoms with van der Waals surface area (Å²) in [4.78, 5) is 2.54. The number of thioether (sulfide) groups is 1. The van der Waals surface area contributed by atoms with Crippen LogP contribution < -0.4 is 5.73 Å². The van der Waals surface area contributed by atoms with Gasteiger partial charge < -0.3 is 5.73 Å². The topological polar surface area (TPSA) is 29.3 Å². The quantitative estimate of drug-likeness (QED) is 0.753. The first-order valence-corrected chi connectivity index (χ1v) is 6.31. The van der Waals surface area contributed by atoms with Crippen LogP contribution in [0.2, 0.25) is 0 Å². The Morgan fingerprint density at radius 3 is 2.85 bits per heavy atom. The van der Waals surface area contributed by atoms with Crippen LogP contribution in [0.4, 0.5) is 0 Å². The minimum absolute atomic E-state index is 0.359. The maximum absolute atomic E-state index is 5.96. The molecule has 3 heteroatoms. The highest BCUT2D eigenvalue weighted by atomic mass is 32.2. The molecular weight excluding hydrogens is 180 g/mol. The first-order chi connectivity index (χ1) is 6.15. The zero-order chi connectivity index (χ0) is 9.84. The van der Waals surface area contributed by atoms with Gasteiger partial charge in [0.1, 0.15) is 0 Å². The van der Waals surface area contributed by atoms with Crippen molar-refractivity contribution < 1.29 is 0 Å². The van der Waals surface area contributed by atoms with E-state index in [1.165, 1.54) is 12.3 Å². The number of hydrogen-bond donors (Lipinski definition) is 1. The third-order valence-corrected chi connectivity index (χ3v) is 4.35. The molecule has 1 rings (SSSR count). The molecule has 0 aliphatic carbocycles. The summed E-state index contributed by atoms with van der Waals surface area (Å²) in [5.41, 5.74) is 5.96. The molecule has 2 N–H and O–H groups in total. The van der Waals surface area contributed by atoms with Gasteiger partial charge in [0.15, 0.2) is 0 Å². The van der Waals surface area contributed by atoms with Crippen LogP contribution in [-0.4, -0.2) is 41.1 Å². The van der Waals surface area contributed by atoms with E-state index in [0.717, 1.165) is 18.2 Å². The highest BCUT2D eigenvalue weighted by Gasteiger charge is 2.25. The summed E-state index contributed by atoms with van der Waals surface area (Å²) >= 11 is 2.08. The lowest BCUT2D eigenvalue weighted by molar-refractivity contribution is 0.199. The third kappa shape index (κ3) is 3.15. The van der Waals surface area contributed by atoms with E-state index in [1.807, 2.05) is 0 Å².